The molecule has 1 saturated carbocycles. The van der Waals surface area contributed by atoms with E-state index in [2.05, 4.69) is 24.4 Å². The Morgan fingerprint density at radius 2 is 1.82 bits per heavy atom. The van der Waals surface area contributed by atoms with E-state index in [-0.39, 0.29) is 6.09 Å². The maximum Gasteiger partial charge on any atom is 0.410 e. The number of benzene rings is 1. The van der Waals surface area contributed by atoms with Crippen LogP contribution in [0.15, 0.2) is 24.3 Å². The Bertz CT molecular complexity index is 657. The van der Waals surface area contributed by atoms with Crippen LogP contribution < -0.4 is 10.1 Å². The minimum atomic E-state index is -0.433. The molecule has 1 aliphatic carbocycles. The number of carbonyl (C=O) groups excluding carboxylic acids is 1. The number of nitrogens with one attached hydrogen (secondary N) is 1. The van der Waals surface area contributed by atoms with Gasteiger partial charge < -0.3 is 19.7 Å². The van der Waals surface area contributed by atoms with Crippen molar-refractivity contribution in [3.63, 3.8) is 0 Å². The summed E-state index contributed by atoms with van der Waals surface area (Å²) < 4.78 is 10.8. The smallest absolute Gasteiger partial charge is 0.410 e. The Hall–Kier alpha value is -1.75. The molecule has 1 amide bonds. The van der Waals surface area contributed by atoms with E-state index in [1.807, 2.05) is 37.8 Å². The molecular formula is C23H36N2O3. The fourth-order valence-corrected chi connectivity index (χ4v) is 4.75. The lowest BCUT2D eigenvalue weighted by molar-refractivity contribution is 0.00676. The second-order valence-corrected chi connectivity index (χ2v) is 9.44. The SMILES string of the molecule is COc1ccc(C(C)N[C@@H]2CCCC23CCN(C(=O)OC(C)(C)C)CC3)cc1. The summed E-state index contributed by atoms with van der Waals surface area (Å²) in [7, 11) is 1.70. The van der Waals surface area contributed by atoms with Crippen LogP contribution in [-0.2, 0) is 4.74 Å². The van der Waals surface area contributed by atoms with Gasteiger partial charge in [-0.3, -0.25) is 0 Å². The highest BCUT2D eigenvalue weighted by molar-refractivity contribution is 5.68. The van der Waals surface area contributed by atoms with E-state index in [4.69, 9.17) is 9.47 Å². The summed E-state index contributed by atoms with van der Waals surface area (Å²) >= 11 is 0. The molecule has 0 bridgehead atoms. The molecule has 28 heavy (non-hydrogen) atoms. The first kappa shape index (κ1) is 21.0. The number of rotatable bonds is 4. The van der Waals surface area contributed by atoms with Crippen LogP contribution in [0.25, 0.3) is 0 Å². The second kappa shape index (κ2) is 8.32. The van der Waals surface area contributed by atoms with Gasteiger partial charge >= 0.3 is 6.09 Å². The normalized spacial score (nSPS) is 22.9. The van der Waals surface area contributed by atoms with Crippen LogP contribution in [0.3, 0.4) is 0 Å². The lowest BCUT2D eigenvalue weighted by Gasteiger charge is -2.44. The number of likely N-dealkylation sites (tertiary alicyclic amines) is 1. The molecule has 1 aliphatic heterocycles. The first-order valence-electron chi connectivity index (χ1n) is 10.6. The van der Waals surface area contributed by atoms with Crippen LogP contribution in [-0.4, -0.2) is 42.8 Å². The van der Waals surface area contributed by atoms with Gasteiger partial charge in [0.15, 0.2) is 0 Å². The van der Waals surface area contributed by atoms with E-state index in [0.717, 1.165) is 31.7 Å². The number of amides is 1. The van der Waals surface area contributed by atoms with Crippen molar-refractivity contribution < 1.29 is 14.3 Å². The van der Waals surface area contributed by atoms with E-state index >= 15 is 0 Å². The van der Waals surface area contributed by atoms with Gasteiger partial charge in [-0.2, -0.15) is 0 Å². The van der Waals surface area contributed by atoms with Gasteiger partial charge in [0.25, 0.3) is 0 Å². The fraction of sp³-hybridized carbons (Fsp3) is 0.696. The molecule has 1 saturated heterocycles. The van der Waals surface area contributed by atoms with Crippen LogP contribution in [0, 0.1) is 5.41 Å². The molecule has 2 aliphatic rings. The Kier molecular flexibility index (Phi) is 6.23. The first-order chi connectivity index (χ1) is 13.2. The van der Waals surface area contributed by atoms with Crippen molar-refractivity contribution in [3.05, 3.63) is 29.8 Å². The van der Waals surface area contributed by atoms with E-state index in [1.165, 1.54) is 24.8 Å². The summed E-state index contributed by atoms with van der Waals surface area (Å²) in [5.74, 6) is 0.891. The average molecular weight is 389 g/mol. The molecule has 5 nitrogen and oxygen atoms in total. The van der Waals surface area contributed by atoms with Gasteiger partial charge in [-0.15, -0.1) is 0 Å². The quantitative estimate of drug-likeness (QED) is 0.796. The summed E-state index contributed by atoms with van der Waals surface area (Å²) in [4.78, 5) is 14.3. The van der Waals surface area contributed by atoms with Gasteiger partial charge in [0.2, 0.25) is 0 Å². The number of ether oxygens (including phenoxy) is 2. The van der Waals surface area contributed by atoms with Crippen LogP contribution in [0.5, 0.6) is 5.75 Å². The van der Waals surface area contributed by atoms with E-state index in [1.54, 1.807) is 7.11 Å². The second-order valence-electron chi connectivity index (χ2n) is 9.44. The number of carbonyl (C=O) groups is 1. The zero-order valence-electron chi connectivity index (χ0n) is 18.1. The molecule has 0 aromatic heterocycles. The molecule has 1 aromatic carbocycles. The highest BCUT2D eigenvalue weighted by Gasteiger charge is 2.46. The average Bonchev–Trinajstić information content (AvgIpc) is 3.02. The van der Waals surface area contributed by atoms with Crippen molar-refractivity contribution in [1.82, 2.24) is 10.2 Å². The largest absolute Gasteiger partial charge is 0.497 e. The third-order valence-electron chi connectivity index (χ3n) is 6.38. The lowest BCUT2D eigenvalue weighted by atomic mass is 9.74. The molecule has 1 N–H and O–H groups in total. The number of methoxy groups -OCH3 is 1. The van der Waals surface area contributed by atoms with Crippen molar-refractivity contribution in [3.8, 4) is 5.75 Å². The lowest BCUT2D eigenvalue weighted by Crippen LogP contribution is -2.51. The van der Waals surface area contributed by atoms with Crippen molar-refractivity contribution in [2.45, 2.75) is 77.5 Å². The number of hydrogen-bond donors (Lipinski definition) is 1. The Morgan fingerprint density at radius 1 is 1.18 bits per heavy atom. The topological polar surface area (TPSA) is 50.8 Å². The monoisotopic (exact) mass is 388 g/mol. The van der Waals surface area contributed by atoms with E-state index in [0.29, 0.717) is 17.5 Å². The summed E-state index contributed by atoms with van der Waals surface area (Å²) in [6, 6.07) is 9.14. The number of hydrogen-bond acceptors (Lipinski definition) is 4. The summed E-state index contributed by atoms with van der Waals surface area (Å²) in [6.07, 6.45) is 5.67. The summed E-state index contributed by atoms with van der Waals surface area (Å²) in [5.41, 5.74) is 1.16. The Labute approximate surface area is 169 Å². The fourth-order valence-electron chi connectivity index (χ4n) is 4.75. The molecule has 0 radical (unpaired) electrons. The van der Waals surface area contributed by atoms with Crippen LogP contribution in [0.2, 0.25) is 0 Å². The van der Waals surface area contributed by atoms with Crippen molar-refractivity contribution in [1.29, 1.82) is 0 Å². The maximum absolute atomic E-state index is 12.4. The molecule has 5 heteroatoms. The van der Waals surface area contributed by atoms with E-state index < -0.39 is 5.60 Å². The van der Waals surface area contributed by atoms with Crippen LogP contribution in [0.1, 0.15) is 71.4 Å². The zero-order valence-corrected chi connectivity index (χ0v) is 18.1. The van der Waals surface area contributed by atoms with Gasteiger partial charge in [0.05, 0.1) is 7.11 Å². The minimum Gasteiger partial charge on any atom is -0.497 e. The molecule has 1 aromatic rings. The van der Waals surface area contributed by atoms with E-state index in [9.17, 15) is 4.79 Å². The Morgan fingerprint density at radius 3 is 2.39 bits per heavy atom. The molecule has 2 fully saturated rings. The molecule has 1 unspecified atom stereocenters. The van der Waals surface area contributed by atoms with Gasteiger partial charge in [-0.1, -0.05) is 18.6 Å². The van der Waals surface area contributed by atoms with Crippen molar-refractivity contribution >= 4 is 6.09 Å². The molecule has 1 spiro atoms. The molecular weight excluding hydrogens is 352 g/mol. The third-order valence-corrected chi connectivity index (χ3v) is 6.38. The molecule has 1 heterocycles. The molecule has 3 rings (SSSR count). The van der Waals surface area contributed by atoms with Crippen LogP contribution >= 0.6 is 0 Å². The summed E-state index contributed by atoms with van der Waals surface area (Å²) in [5, 5.41) is 3.90. The van der Waals surface area contributed by atoms with Gasteiger partial charge in [0, 0.05) is 25.2 Å². The standard InChI is InChI=1S/C23H36N2O3/c1-17(18-8-10-19(27-5)11-9-18)24-20-7-6-12-23(20)13-15-25(16-14-23)21(26)28-22(2,3)4/h8-11,17,20,24H,6-7,12-16H2,1-5H3/t17?,20-/m1/s1. The predicted octanol–water partition coefficient (Wildman–Crippen LogP) is 4.92. The van der Waals surface area contributed by atoms with Crippen molar-refractivity contribution in [2.24, 2.45) is 5.41 Å². The van der Waals surface area contributed by atoms with Gasteiger partial charge in [-0.05, 0) is 76.5 Å². The molecule has 156 valence electrons. The van der Waals surface area contributed by atoms with Gasteiger partial charge in [0.1, 0.15) is 11.4 Å². The summed E-state index contributed by atoms with van der Waals surface area (Å²) in [6.45, 7) is 9.60. The predicted molar refractivity (Wildman–Crippen MR) is 112 cm³/mol. The number of piperidine rings is 1. The zero-order chi connectivity index (χ0) is 20.4. The van der Waals surface area contributed by atoms with Gasteiger partial charge in [-0.25, -0.2) is 4.79 Å². The minimum absolute atomic E-state index is 0.170. The van der Waals surface area contributed by atoms with Crippen LogP contribution in [0.4, 0.5) is 4.79 Å². The first-order valence-corrected chi connectivity index (χ1v) is 10.6. The number of nitrogens with zero attached hydrogens (tertiary/aromatic N) is 1. The Balaban J connectivity index is 1.59. The van der Waals surface area contributed by atoms with Crippen molar-refractivity contribution in [2.75, 3.05) is 20.2 Å². The maximum atomic E-state index is 12.4. The third kappa shape index (κ3) is 4.80. The highest BCUT2D eigenvalue weighted by atomic mass is 16.6. The molecule has 2 atom stereocenters. The highest BCUT2D eigenvalue weighted by Crippen LogP contribution is 2.47.